The molecule has 19 heavy (non-hydrogen) atoms. The molecule has 0 spiro atoms. The number of rotatable bonds is 5. The van der Waals surface area contributed by atoms with Crippen LogP contribution in [0.25, 0.3) is 0 Å². The predicted molar refractivity (Wildman–Crippen MR) is 72.1 cm³/mol. The first-order chi connectivity index (χ1) is 9.15. The van der Waals surface area contributed by atoms with E-state index >= 15 is 0 Å². The molecule has 1 atom stereocenters. The minimum absolute atomic E-state index is 0.138. The van der Waals surface area contributed by atoms with Crippen molar-refractivity contribution in [2.75, 3.05) is 18.5 Å². The molecular formula is C13H20N4O2. The molecule has 0 radical (unpaired) electrons. The van der Waals surface area contributed by atoms with Gasteiger partial charge in [0.2, 0.25) is 0 Å². The lowest BCUT2D eigenvalue weighted by Crippen LogP contribution is -2.32. The molecule has 2 heterocycles. The molecule has 1 unspecified atom stereocenters. The molecule has 1 saturated heterocycles. The Morgan fingerprint density at radius 1 is 1.53 bits per heavy atom. The van der Waals surface area contributed by atoms with Crippen molar-refractivity contribution in [3.8, 4) is 0 Å². The van der Waals surface area contributed by atoms with Crippen LogP contribution in [-0.4, -0.2) is 41.2 Å². The van der Waals surface area contributed by atoms with Gasteiger partial charge in [-0.05, 0) is 26.7 Å². The van der Waals surface area contributed by atoms with Gasteiger partial charge in [0, 0.05) is 25.3 Å². The van der Waals surface area contributed by atoms with Gasteiger partial charge >= 0.3 is 0 Å². The summed E-state index contributed by atoms with van der Waals surface area (Å²) in [5.74, 6) is 0.469. The topological polar surface area (TPSA) is 76.1 Å². The highest BCUT2D eigenvalue weighted by Crippen LogP contribution is 2.11. The maximum Gasteiger partial charge on any atom is 0.270 e. The normalized spacial score (nSPS) is 18.6. The molecule has 1 aromatic heterocycles. The molecule has 1 amide bonds. The van der Waals surface area contributed by atoms with Crippen LogP contribution in [0.4, 0.5) is 5.82 Å². The van der Waals surface area contributed by atoms with Crippen LogP contribution in [0.15, 0.2) is 12.4 Å². The molecule has 2 N–H and O–H groups in total. The van der Waals surface area contributed by atoms with E-state index in [4.69, 9.17) is 4.74 Å². The molecule has 0 bridgehead atoms. The molecule has 1 aromatic rings. The molecule has 6 nitrogen and oxygen atoms in total. The Labute approximate surface area is 113 Å². The first-order valence-corrected chi connectivity index (χ1v) is 6.63. The van der Waals surface area contributed by atoms with Crippen molar-refractivity contribution in [2.45, 2.75) is 38.8 Å². The number of aromatic nitrogens is 2. The number of nitrogens with one attached hydrogen (secondary N) is 2. The fourth-order valence-corrected chi connectivity index (χ4v) is 1.96. The first-order valence-electron chi connectivity index (χ1n) is 6.63. The van der Waals surface area contributed by atoms with E-state index in [2.05, 4.69) is 20.6 Å². The van der Waals surface area contributed by atoms with E-state index in [0.717, 1.165) is 19.4 Å². The van der Waals surface area contributed by atoms with Crippen LogP contribution in [0.2, 0.25) is 0 Å². The van der Waals surface area contributed by atoms with Crippen LogP contribution in [0.3, 0.4) is 0 Å². The predicted octanol–water partition coefficient (Wildman–Crippen LogP) is 1.21. The second-order valence-corrected chi connectivity index (χ2v) is 4.93. The van der Waals surface area contributed by atoms with Crippen molar-refractivity contribution in [1.29, 1.82) is 0 Å². The molecule has 6 heteroatoms. The van der Waals surface area contributed by atoms with Crippen LogP contribution < -0.4 is 10.6 Å². The van der Waals surface area contributed by atoms with Gasteiger partial charge in [-0.25, -0.2) is 9.97 Å². The molecule has 0 saturated carbocycles. The van der Waals surface area contributed by atoms with E-state index < -0.39 is 0 Å². The Bertz CT molecular complexity index is 430. The largest absolute Gasteiger partial charge is 0.376 e. The lowest BCUT2D eigenvalue weighted by atomic mass is 10.2. The van der Waals surface area contributed by atoms with Gasteiger partial charge in [0.25, 0.3) is 5.91 Å². The van der Waals surface area contributed by atoms with Crippen molar-refractivity contribution in [2.24, 2.45) is 0 Å². The Hall–Kier alpha value is -1.69. The number of carbonyl (C=O) groups excluding carboxylic acids is 1. The fourth-order valence-electron chi connectivity index (χ4n) is 1.96. The smallest absolute Gasteiger partial charge is 0.270 e. The second-order valence-electron chi connectivity index (χ2n) is 4.93. The highest BCUT2D eigenvalue weighted by atomic mass is 16.5. The third kappa shape index (κ3) is 4.17. The van der Waals surface area contributed by atoms with E-state index in [1.165, 1.54) is 6.33 Å². The number of amides is 1. The SMILES string of the molecule is CC(C)Nc1cc(C(=O)NCC2CCCO2)ncn1. The van der Waals surface area contributed by atoms with Crippen LogP contribution in [0.5, 0.6) is 0 Å². The van der Waals surface area contributed by atoms with Gasteiger partial charge in [-0.3, -0.25) is 4.79 Å². The van der Waals surface area contributed by atoms with Gasteiger partial charge in [-0.2, -0.15) is 0 Å². The summed E-state index contributed by atoms with van der Waals surface area (Å²) in [5.41, 5.74) is 0.371. The summed E-state index contributed by atoms with van der Waals surface area (Å²) in [4.78, 5) is 20.0. The summed E-state index contributed by atoms with van der Waals surface area (Å²) in [6, 6.07) is 1.92. The van der Waals surface area contributed by atoms with E-state index in [9.17, 15) is 4.79 Å². The standard InChI is InChI=1S/C13H20N4O2/c1-9(2)17-12-6-11(15-8-16-12)13(18)14-7-10-4-3-5-19-10/h6,8-10H,3-5,7H2,1-2H3,(H,14,18)(H,15,16,17). The lowest BCUT2D eigenvalue weighted by Gasteiger charge is -2.11. The van der Waals surface area contributed by atoms with Crippen LogP contribution in [0, 0.1) is 0 Å². The zero-order valence-corrected chi connectivity index (χ0v) is 11.3. The van der Waals surface area contributed by atoms with Gasteiger partial charge in [-0.1, -0.05) is 0 Å². The average molecular weight is 264 g/mol. The van der Waals surface area contributed by atoms with Crippen molar-refractivity contribution < 1.29 is 9.53 Å². The van der Waals surface area contributed by atoms with Gasteiger partial charge in [0.05, 0.1) is 6.10 Å². The number of nitrogens with zero attached hydrogens (tertiary/aromatic N) is 2. The summed E-state index contributed by atoms with van der Waals surface area (Å²) < 4.78 is 5.46. The quantitative estimate of drug-likeness (QED) is 0.836. The molecule has 104 valence electrons. The molecule has 0 aromatic carbocycles. The van der Waals surface area contributed by atoms with Crippen molar-refractivity contribution in [3.05, 3.63) is 18.1 Å². The zero-order valence-electron chi connectivity index (χ0n) is 11.3. The summed E-state index contributed by atoms with van der Waals surface area (Å²) >= 11 is 0. The van der Waals surface area contributed by atoms with Crippen molar-refractivity contribution in [1.82, 2.24) is 15.3 Å². The number of anilines is 1. The van der Waals surface area contributed by atoms with E-state index in [0.29, 0.717) is 18.1 Å². The molecule has 0 aliphatic carbocycles. The van der Waals surface area contributed by atoms with Crippen molar-refractivity contribution >= 4 is 11.7 Å². The van der Waals surface area contributed by atoms with E-state index in [1.807, 2.05) is 13.8 Å². The molecule has 2 rings (SSSR count). The highest BCUT2D eigenvalue weighted by Gasteiger charge is 2.17. The Kier molecular flexibility index (Phi) is 4.68. The van der Waals surface area contributed by atoms with Gasteiger partial charge in [-0.15, -0.1) is 0 Å². The molecule has 1 aliphatic heterocycles. The summed E-state index contributed by atoms with van der Waals surface area (Å²) in [6.07, 6.45) is 3.60. The molecule has 1 aliphatic rings. The maximum atomic E-state index is 12.0. The maximum absolute atomic E-state index is 12.0. The highest BCUT2D eigenvalue weighted by molar-refractivity contribution is 5.92. The van der Waals surface area contributed by atoms with Crippen LogP contribution >= 0.6 is 0 Å². The molecule has 1 fully saturated rings. The Morgan fingerprint density at radius 3 is 3.05 bits per heavy atom. The van der Waals surface area contributed by atoms with E-state index in [1.54, 1.807) is 6.07 Å². The van der Waals surface area contributed by atoms with Crippen molar-refractivity contribution in [3.63, 3.8) is 0 Å². The Morgan fingerprint density at radius 2 is 2.37 bits per heavy atom. The monoisotopic (exact) mass is 264 g/mol. The van der Waals surface area contributed by atoms with Crippen LogP contribution in [-0.2, 0) is 4.74 Å². The summed E-state index contributed by atoms with van der Waals surface area (Å²) in [5, 5.41) is 5.98. The average Bonchev–Trinajstić information content (AvgIpc) is 2.88. The minimum Gasteiger partial charge on any atom is -0.376 e. The number of hydrogen-bond donors (Lipinski definition) is 2. The Balaban J connectivity index is 1.90. The first kappa shape index (κ1) is 13.7. The number of hydrogen-bond acceptors (Lipinski definition) is 5. The van der Waals surface area contributed by atoms with Gasteiger partial charge < -0.3 is 15.4 Å². The summed E-state index contributed by atoms with van der Waals surface area (Å²) in [7, 11) is 0. The number of ether oxygens (including phenoxy) is 1. The second kappa shape index (κ2) is 6.47. The zero-order chi connectivity index (χ0) is 13.7. The summed E-state index contributed by atoms with van der Waals surface area (Å²) in [6.45, 7) is 5.35. The van der Waals surface area contributed by atoms with Crippen LogP contribution in [0.1, 0.15) is 37.2 Å². The fraction of sp³-hybridized carbons (Fsp3) is 0.615. The van der Waals surface area contributed by atoms with Gasteiger partial charge in [0.1, 0.15) is 17.8 Å². The third-order valence-electron chi connectivity index (χ3n) is 2.85. The van der Waals surface area contributed by atoms with Gasteiger partial charge in [0.15, 0.2) is 0 Å². The lowest BCUT2D eigenvalue weighted by molar-refractivity contribution is 0.0853. The third-order valence-corrected chi connectivity index (χ3v) is 2.85. The van der Waals surface area contributed by atoms with E-state index in [-0.39, 0.29) is 18.1 Å². The molecular weight excluding hydrogens is 244 g/mol. The number of carbonyl (C=O) groups is 1. The minimum atomic E-state index is -0.190.